The minimum atomic E-state index is -2.05. The highest BCUT2D eigenvalue weighted by molar-refractivity contribution is 5.82. The second kappa shape index (κ2) is 37.7. The zero-order chi connectivity index (χ0) is 85.1. The van der Waals surface area contributed by atoms with Crippen LogP contribution in [0.4, 0.5) is 0 Å². The molecule has 7 saturated heterocycles. The molecule has 42 atom stereocenters. The van der Waals surface area contributed by atoms with E-state index in [1.54, 1.807) is 6.92 Å². The van der Waals surface area contributed by atoms with Crippen molar-refractivity contribution in [1.29, 1.82) is 0 Å². The van der Waals surface area contributed by atoms with E-state index in [2.05, 4.69) is 52.9 Å². The lowest BCUT2D eigenvalue weighted by Crippen LogP contribution is -2.70. The van der Waals surface area contributed by atoms with Crippen LogP contribution >= 0.6 is 0 Å². The summed E-state index contributed by atoms with van der Waals surface area (Å²) in [5, 5.41) is 205. The van der Waals surface area contributed by atoms with Crippen LogP contribution in [0.3, 0.4) is 0 Å². The van der Waals surface area contributed by atoms with Crippen LogP contribution in [0.1, 0.15) is 184 Å². The fourth-order valence-electron chi connectivity index (χ4n) is 21.9. The number of aliphatic hydroxyl groups excluding tert-OH is 18. The van der Waals surface area contributed by atoms with Gasteiger partial charge in [0.25, 0.3) is 5.91 Å². The fourth-order valence-corrected chi connectivity index (χ4v) is 21.9. The van der Waals surface area contributed by atoms with E-state index in [1.807, 2.05) is 0 Å². The number of allylic oxidation sites excluding steroid dienone is 2. The molecule has 11 fully saturated rings. The molecular formula is C81H133NO35. The number of carbonyl (C=O) groups excluding carboxylic acids is 3. The summed E-state index contributed by atoms with van der Waals surface area (Å²) < 4.78 is 85.4. The van der Waals surface area contributed by atoms with Crippen molar-refractivity contribution >= 4 is 18.2 Å². The fraction of sp³-hybridized carbons (Fsp3) is 0.938. The zero-order valence-corrected chi connectivity index (χ0v) is 68.5. The number of hydrogen-bond donors (Lipinski definition) is 19. The molecule has 0 radical (unpaired) electrons. The van der Waals surface area contributed by atoms with Gasteiger partial charge in [-0.25, -0.2) is 0 Å². The molecule has 0 bridgehead atoms. The smallest absolute Gasteiger partial charge is 0.317 e. The van der Waals surface area contributed by atoms with Gasteiger partial charge in [0, 0.05) is 6.54 Å². The Bertz CT molecular complexity index is 3310. The predicted octanol–water partition coefficient (Wildman–Crippen LogP) is -2.40. The zero-order valence-electron chi connectivity index (χ0n) is 68.5. The molecule has 12 rings (SSSR count). The number of fused-ring (bicyclic) bond motifs is 7. The average molecular weight is 1680 g/mol. The van der Waals surface area contributed by atoms with E-state index in [-0.39, 0.29) is 31.7 Å². The lowest BCUT2D eigenvalue weighted by molar-refractivity contribution is -0.391. The molecule has 0 aromatic carbocycles. The summed E-state index contributed by atoms with van der Waals surface area (Å²) in [5.41, 5.74) is -4.68. The molecule has 1 amide bonds. The van der Waals surface area contributed by atoms with Gasteiger partial charge in [0.05, 0.1) is 56.3 Å². The molecule has 5 aliphatic carbocycles. The van der Waals surface area contributed by atoms with Gasteiger partial charge in [0.2, 0.25) is 6.29 Å². The Labute approximate surface area is 681 Å². The molecular weight excluding hydrogens is 1550 g/mol. The standard InChI is InChI=1S/C81H133NO35/c1-10-11-12-13-14-15-16-17-18-19-28-82-67(102)64-59(100)63(113-69-56(97)50(91)41(86)33-105-69)66(116-72-57(98)52(93)51(92)43(31-83)109-72)74(114-64)110-47-23-24-77(6)44(78(47,7)35-84)22-25-79(8)45(77)21-20-38-39-29-76(4,5)26-27-81(39,46(88)30-80(38,79)9)75(103)117-73-65(53(94)48(89)36(2)107-73)115-71-58(99)54(95)61(37(3)108-71)111-70-60(101)62(42(87)34-106-70)112-68-55(96)49(90)40(85)32-104-68/h20,35-37,39-66,68-74,83,85-101H,10-19,21-34H2,1-9H3,(H,82,102)/t36-,37+,39+,40-,41-,42-,43-,44-,45-,46-,47+,48+,49+,50+,51+,52+,53+,54+,55-,56-,57-,58-,59+,60-,61+,62+,63+,64+,65-,66-,68+,69+,70+,71+,72+,73+,74-,77+,78+,79-,80-,81-/m1/s1. The van der Waals surface area contributed by atoms with Crippen molar-refractivity contribution in [2.75, 3.05) is 33.0 Å². The second-order valence-corrected chi connectivity index (χ2v) is 37.3. The summed E-state index contributed by atoms with van der Waals surface area (Å²) >= 11 is 0. The Balaban J connectivity index is 0.778. The van der Waals surface area contributed by atoms with Gasteiger partial charge < -0.3 is 168 Å². The molecule has 4 saturated carbocycles. The van der Waals surface area contributed by atoms with Crippen LogP contribution in [-0.2, 0) is 80.7 Å². The first-order valence-electron chi connectivity index (χ1n) is 42.5. The summed E-state index contributed by atoms with van der Waals surface area (Å²) in [6.45, 7) is 15.3. The van der Waals surface area contributed by atoms with Gasteiger partial charge in [-0.05, 0) is 117 Å². The number of carbonyl (C=O) groups is 3. The van der Waals surface area contributed by atoms with Crippen LogP contribution in [0.25, 0.3) is 0 Å². The maximum Gasteiger partial charge on any atom is 0.317 e. The summed E-state index contributed by atoms with van der Waals surface area (Å²) in [4.78, 5) is 45.0. The van der Waals surface area contributed by atoms with E-state index in [0.717, 1.165) is 50.4 Å². The molecule has 0 aromatic heterocycles. The first kappa shape index (κ1) is 93.3. The lowest BCUT2D eigenvalue weighted by Gasteiger charge is -2.71. The SMILES string of the molecule is CCCCCCCCCCCCNC(=O)[C@H]1O[C@@H](O[C@H]2CC[C@]3(C)[C@H]4CC=C5[C@@H]6CC(C)(C)CC[C@]6(C(=O)O[C@@H]6O[C@H](C)[C@H](O)[C@H](O)[C@H]6O[C@@H]6O[C@@H](C)[C@H](O[C@@H]7OC[C@@H](O)[C@H](O[C@@H]8OC[C@@H](O)[C@H](O)[C@H]8O)[C@H]7O)[C@@H](O)[C@H]6O)[C@H](O)C[C@@]5(C)[C@]4(C)CC[C@H]3[C@]2(C)C=O)[C@H](O[C@@H]2O[C@H](CO)[C@H](O)[C@H](O)[C@H]2O)[C@@H](O[C@@H]2OC[C@@H](O)[C@H](O)[C@H]2O)[C@@H]1O. The van der Waals surface area contributed by atoms with E-state index < -0.39 is 291 Å². The minimum absolute atomic E-state index is 0.0599. The third-order valence-corrected chi connectivity index (χ3v) is 29.3. The second-order valence-electron chi connectivity index (χ2n) is 37.3. The lowest BCUT2D eigenvalue weighted by atomic mass is 9.33. The van der Waals surface area contributed by atoms with Gasteiger partial charge in [-0.3, -0.25) is 9.59 Å². The van der Waals surface area contributed by atoms with Crippen molar-refractivity contribution in [3.8, 4) is 0 Å². The summed E-state index contributed by atoms with van der Waals surface area (Å²) in [6.07, 6.45) is -42.3. The van der Waals surface area contributed by atoms with Crippen molar-refractivity contribution in [3.63, 3.8) is 0 Å². The number of hydrogen-bond acceptors (Lipinski definition) is 35. The number of amides is 1. The number of aliphatic hydroxyl groups is 18. The molecule has 7 heterocycles. The third kappa shape index (κ3) is 17.9. The number of rotatable bonds is 28. The highest BCUT2D eigenvalue weighted by Gasteiger charge is 2.73. The highest BCUT2D eigenvalue weighted by Crippen LogP contribution is 2.76. The number of ether oxygens (including phenoxy) is 14. The van der Waals surface area contributed by atoms with E-state index in [9.17, 15) is 102 Å². The Morgan fingerprint density at radius 2 is 1.03 bits per heavy atom. The summed E-state index contributed by atoms with van der Waals surface area (Å²) in [5.74, 6) is -3.03. The number of esters is 1. The van der Waals surface area contributed by atoms with E-state index in [0.29, 0.717) is 44.9 Å². The topological polar surface area (TPSA) is 557 Å². The molecule has 36 heteroatoms. The molecule has 117 heavy (non-hydrogen) atoms. The maximum atomic E-state index is 15.9. The van der Waals surface area contributed by atoms with Crippen LogP contribution in [0.15, 0.2) is 11.6 Å². The van der Waals surface area contributed by atoms with Crippen molar-refractivity contribution in [2.24, 2.45) is 50.2 Å². The van der Waals surface area contributed by atoms with Gasteiger partial charge in [-0.15, -0.1) is 0 Å². The largest absolute Gasteiger partial charge is 0.432 e. The van der Waals surface area contributed by atoms with Crippen LogP contribution in [0, 0.1) is 50.2 Å². The predicted molar refractivity (Wildman–Crippen MR) is 399 cm³/mol. The number of nitrogens with one attached hydrogen (secondary N) is 1. The van der Waals surface area contributed by atoms with Crippen molar-refractivity contribution in [2.45, 2.75) is 393 Å². The van der Waals surface area contributed by atoms with Crippen LogP contribution in [0.2, 0.25) is 0 Å². The van der Waals surface area contributed by atoms with Crippen molar-refractivity contribution < 1.29 is 173 Å². The van der Waals surface area contributed by atoms with Crippen molar-refractivity contribution in [1.82, 2.24) is 5.32 Å². The Hall–Kier alpha value is -2.89. The third-order valence-electron chi connectivity index (χ3n) is 29.3. The van der Waals surface area contributed by atoms with E-state index in [1.165, 1.54) is 33.1 Å². The van der Waals surface area contributed by atoms with E-state index in [4.69, 9.17) is 66.3 Å². The summed E-state index contributed by atoms with van der Waals surface area (Å²) in [7, 11) is 0. The number of aldehydes is 1. The quantitative estimate of drug-likeness (QED) is 0.0128. The molecule has 0 unspecified atom stereocenters. The average Bonchev–Trinajstić information content (AvgIpc) is 0.669. The van der Waals surface area contributed by atoms with Gasteiger partial charge in [0.15, 0.2) is 49.9 Å². The summed E-state index contributed by atoms with van der Waals surface area (Å²) in [6, 6.07) is 0. The molecule has 672 valence electrons. The maximum absolute atomic E-state index is 15.9. The molecule has 0 spiro atoms. The highest BCUT2D eigenvalue weighted by atomic mass is 16.8. The first-order chi connectivity index (χ1) is 55.3. The van der Waals surface area contributed by atoms with Crippen molar-refractivity contribution in [3.05, 3.63) is 11.6 Å². The number of unbranched alkanes of at least 4 members (excludes halogenated alkanes) is 9. The van der Waals surface area contributed by atoms with Crippen LogP contribution < -0.4 is 5.32 Å². The molecule has 19 N–H and O–H groups in total. The first-order valence-corrected chi connectivity index (χ1v) is 42.5. The van der Waals surface area contributed by atoms with E-state index >= 15 is 4.79 Å². The normalized spacial score (nSPS) is 50.6. The van der Waals surface area contributed by atoms with Gasteiger partial charge in [0.1, 0.15) is 140 Å². The molecule has 0 aromatic rings. The monoisotopic (exact) mass is 1680 g/mol. The molecule has 7 aliphatic heterocycles. The Morgan fingerprint density at radius 3 is 1.65 bits per heavy atom. The van der Waals surface area contributed by atoms with Gasteiger partial charge in [-0.2, -0.15) is 0 Å². The minimum Gasteiger partial charge on any atom is -0.432 e. The van der Waals surface area contributed by atoms with Gasteiger partial charge >= 0.3 is 5.97 Å². The molecule has 12 aliphatic rings. The molecule has 36 nitrogen and oxygen atoms in total. The van der Waals surface area contributed by atoms with Crippen LogP contribution in [-0.4, -0.2) is 352 Å². The Kier molecular flexibility index (Phi) is 30.1. The van der Waals surface area contributed by atoms with Crippen LogP contribution in [0.5, 0.6) is 0 Å². The van der Waals surface area contributed by atoms with Gasteiger partial charge in [-0.1, -0.05) is 118 Å². The Morgan fingerprint density at radius 1 is 0.487 bits per heavy atom.